The van der Waals surface area contributed by atoms with Crippen LogP contribution in [0.1, 0.15) is 44.1 Å². The Bertz CT molecular complexity index is 1170. The van der Waals surface area contributed by atoms with E-state index in [0.717, 1.165) is 0 Å². The van der Waals surface area contributed by atoms with Crippen LogP contribution in [0.25, 0.3) is 0 Å². The molecule has 3 N–H and O–H groups in total. The minimum Gasteiger partial charge on any atom is -0.497 e. The lowest BCUT2D eigenvalue weighted by Crippen LogP contribution is -2.46. The molecular weight excluding hydrogens is 514 g/mol. The van der Waals surface area contributed by atoms with E-state index in [-0.39, 0.29) is 35.5 Å². The zero-order chi connectivity index (χ0) is 27.9. The fourth-order valence-corrected chi connectivity index (χ4v) is 4.20. The molecule has 204 valence electrons. The summed E-state index contributed by atoms with van der Waals surface area (Å²) in [5.41, 5.74) is -1.07. The topological polar surface area (TPSA) is 148 Å². The van der Waals surface area contributed by atoms with Gasteiger partial charge in [0.25, 0.3) is 11.8 Å². The zero-order valence-electron chi connectivity index (χ0n) is 21.5. The predicted molar refractivity (Wildman–Crippen MR) is 140 cm³/mol. The second-order valence-corrected chi connectivity index (χ2v) is 10.3. The highest BCUT2D eigenvalue weighted by molar-refractivity contribution is 7.13. The molecule has 38 heavy (non-hydrogen) atoms. The van der Waals surface area contributed by atoms with E-state index in [0.29, 0.717) is 31.1 Å². The second-order valence-electron chi connectivity index (χ2n) is 9.42. The standard InChI is InChI=1S/C25H31N5O7S/c1-15(20(31)27-16(2)22(33)36-18-8-12-35-13-9-18)26-21(32)19-14-38-23(29-19)30-10-6-17(7-11-30)28-24(34)37-25(3,4)5/h8-9,12,14,17H,1-2,6-7,10-11,13H2,3-5H3,(H,26,32)(H,27,31)(H,28,34). The second kappa shape index (κ2) is 12.4. The minimum absolute atomic E-state index is 0.0115. The molecule has 1 aromatic rings. The smallest absolute Gasteiger partial charge is 0.407 e. The molecule has 0 spiro atoms. The number of ether oxygens (including phenoxy) is 3. The highest BCUT2D eigenvalue weighted by Gasteiger charge is 2.26. The summed E-state index contributed by atoms with van der Waals surface area (Å²) in [4.78, 5) is 55.4. The maximum absolute atomic E-state index is 12.6. The normalized spacial score (nSPS) is 15.4. The molecule has 0 aliphatic carbocycles. The van der Waals surface area contributed by atoms with Gasteiger partial charge in [-0.2, -0.15) is 0 Å². The van der Waals surface area contributed by atoms with Gasteiger partial charge >= 0.3 is 12.1 Å². The molecule has 3 rings (SSSR count). The van der Waals surface area contributed by atoms with Crippen molar-refractivity contribution in [2.45, 2.75) is 45.3 Å². The number of piperidine rings is 1. The third-order valence-electron chi connectivity index (χ3n) is 5.18. The Morgan fingerprint density at radius 1 is 1.13 bits per heavy atom. The van der Waals surface area contributed by atoms with Crippen LogP contribution in [0.2, 0.25) is 0 Å². The summed E-state index contributed by atoms with van der Waals surface area (Å²) in [7, 11) is 0. The molecule has 0 atom stereocenters. The number of alkyl carbamates (subject to hydrolysis) is 1. The first-order valence-electron chi connectivity index (χ1n) is 11.8. The number of rotatable bonds is 8. The number of esters is 1. The van der Waals surface area contributed by atoms with Gasteiger partial charge in [0.05, 0.1) is 12.0 Å². The molecular formula is C25H31N5O7S. The number of hydrogen-bond acceptors (Lipinski definition) is 10. The van der Waals surface area contributed by atoms with Crippen molar-refractivity contribution in [1.29, 1.82) is 0 Å². The first-order chi connectivity index (χ1) is 17.9. The highest BCUT2D eigenvalue weighted by Crippen LogP contribution is 2.24. The average Bonchev–Trinajstić information content (AvgIpc) is 3.34. The van der Waals surface area contributed by atoms with Crippen LogP contribution >= 0.6 is 11.3 Å². The first-order valence-corrected chi connectivity index (χ1v) is 12.7. The molecule has 0 bridgehead atoms. The Kier molecular flexibility index (Phi) is 9.29. The van der Waals surface area contributed by atoms with Gasteiger partial charge in [-0.1, -0.05) is 13.2 Å². The van der Waals surface area contributed by atoms with Crippen LogP contribution in [0, 0.1) is 0 Å². The van der Waals surface area contributed by atoms with Crippen LogP contribution in [0.15, 0.2) is 54.1 Å². The SMILES string of the molecule is C=C(NC(=O)c1csc(N2CCC(NC(=O)OC(C)(C)C)CC2)n1)C(=O)NC(=C)C(=O)OC1=CCOC=C1. The Morgan fingerprint density at radius 3 is 2.47 bits per heavy atom. The average molecular weight is 546 g/mol. The predicted octanol–water partition coefficient (Wildman–Crippen LogP) is 2.48. The first kappa shape index (κ1) is 28.4. The van der Waals surface area contributed by atoms with Crippen molar-refractivity contribution in [3.63, 3.8) is 0 Å². The molecule has 1 fully saturated rings. The monoisotopic (exact) mass is 545 g/mol. The summed E-state index contributed by atoms with van der Waals surface area (Å²) in [6.45, 7) is 14.0. The molecule has 3 heterocycles. The van der Waals surface area contributed by atoms with Crippen molar-refractivity contribution in [3.05, 3.63) is 59.8 Å². The van der Waals surface area contributed by atoms with E-state index in [1.807, 2.05) is 25.7 Å². The highest BCUT2D eigenvalue weighted by atomic mass is 32.1. The molecule has 2 aliphatic rings. The lowest BCUT2D eigenvalue weighted by atomic mass is 10.1. The van der Waals surface area contributed by atoms with Gasteiger partial charge in [-0.3, -0.25) is 9.59 Å². The number of carbonyl (C=O) groups excluding carboxylic acids is 4. The van der Waals surface area contributed by atoms with Crippen LogP contribution in [0.4, 0.5) is 9.93 Å². The van der Waals surface area contributed by atoms with Crippen molar-refractivity contribution >= 4 is 40.3 Å². The number of aromatic nitrogens is 1. The molecule has 0 radical (unpaired) electrons. The molecule has 0 saturated carbocycles. The number of nitrogens with one attached hydrogen (secondary N) is 3. The van der Waals surface area contributed by atoms with E-state index in [2.05, 4.69) is 34.1 Å². The summed E-state index contributed by atoms with van der Waals surface area (Å²) in [5, 5.41) is 9.72. The maximum atomic E-state index is 12.6. The Morgan fingerprint density at radius 2 is 1.84 bits per heavy atom. The molecule has 13 heteroatoms. The van der Waals surface area contributed by atoms with Crippen molar-refractivity contribution in [2.75, 3.05) is 24.6 Å². The van der Waals surface area contributed by atoms with Gasteiger partial charge in [0, 0.05) is 30.6 Å². The number of amides is 3. The van der Waals surface area contributed by atoms with E-state index in [1.165, 1.54) is 29.8 Å². The van der Waals surface area contributed by atoms with Crippen LogP contribution in [-0.4, -0.2) is 60.2 Å². The number of thiazole rings is 1. The van der Waals surface area contributed by atoms with E-state index in [1.54, 1.807) is 5.38 Å². The quantitative estimate of drug-likeness (QED) is 0.331. The van der Waals surface area contributed by atoms with Crippen molar-refractivity contribution in [1.82, 2.24) is 20.9 Å². The molecule has 12 nitrogen and oxygen atoms in total. The summed E-state index contributed by atoms with van der Waals surface area (Å²) >= 11 is 1.29. The fraction of sp³-hybridized carbons (Fsp3) is 0.400. The fourth-order valence-electron chi connectivity index (χ4n) is 3.34. The largest absolute Gasteiger partial charge is 0.497 e. The summed E-state index contributed by atoms with van der Waals surface area (Å²) in [6.07, 6.45) is 5.31. The molecule has 0 aromatic carbocycles. The lowest BCUT2D eigenvalue weighted by molar-refractivity contribution is -0.136. The van der Waals surface area contributed by atoms with Crippen molar-refractivity contribution < 1.29 is 33.4 Å². The van der Waals surface area contributed by atoms with Gasteiger partial charge < -0.3 is 35.1 Å². The van der Waals surface area contributed by atoms with E-state index in [9.17, 15) is 19.2 Å². The molecule has 3 amide bonds. The van der Waals surface area contributed by atoms with Crippen LogP contribution in [0.5, 0.6) is 0 Å². The third-order valence-corrected chi connectivity index (χ3v) is 6.08. The Balaban J connectivity index is 1.44. The minimum atomic E-state index is -0.871. The van der Waals surface area contributed by atoms with Gasteiger partial charge in [-0.15, -0.1) is 11.3 Å². The van der Waals surface area contributed by atoms with Crippen LogP contribution in [0.3, 0.4) is 0 Å². The zero-order valence-corrected chi connectivity index (χ0v) is 22.3. The Labute approximate surface area is 224 Å². The van der Waals surface area contributed by atoms with E-state index in [4.69, 9.17) is 14.2 Å². The number of allylic oxidation sites excluding steroid dienone is 1. The number of hydrogen-bond donors (Lipinski definition) is 3. The van der Waals surface area contributed by atoms with E-state index >= 15 is 0 Å². The maximum Gasteiger partial charge on any atom is 0.407 e. The molecule has 0 unspecified atom stereocenters. The van der Waals surface area contributed by atoms with Gasteiger partial charge in [-0.05, 0) is 39.7 Å². The summed E-state index contributed by atoms with van der Waals surface area (Å²) < 4.78 is 15.3. The van der Waals surface area contributed by atoms with E-state index < -0.39 is 29.5 Å². The van der Waals surface area contributed by atoms with Gasteiger partial charge in [0.15, 0.2) is 5.13 Å². The van der Waals surface area contributed by atoms with Crippen molar-refractivity contribution in [3.8, 4) is 0 Å². The number of anilines is 1. The summed E-state index contributed by atoms with van der Waals surface area (Å²) in [6, 6.07) is -0.0115. The van der Waals surface area contributed by atoms with Crippen LogP contribution in [-0.2, 0) is 23.8 Å². The van der Waals surface area contributed by atoms with Gasteiger partial charge in [-0.25, -0.2) is 14.6 Å². The number of nitrogens with zero attached hydrogens (tertiary/aromatic N) is 2. The van der Waals surface area contributed by atoms with Crippen molar-refractivity contribution in [2.24, 2.45) is 0 Å². The molecule has 1 saturated heterocycles. The Hall–Kier alpha value is -4.13. The molecule has 2 aliphatic heterocycles. The van der Waals surface area contributed by atoms with Gasteiger partial charge in [0.1, 0.15) is 29.4 Å². The lowest BCUT2D eigenvalue weighted by Gasteiger charge is -2.32. The number of carbonyl (C=O) groups is 4. The summed E-state index contributed by atoms with van der Waals surface area (Å²) in [5.74, 6) is -2.07. The third kappa shape index (κ3) is 8.47. The molecule has 1 aromatic heterocycles. The van der Waals surface area contributed by atoms with Gasteiger partial charge in [0.2, 0.25) is 0 Å². The van der Waals surface area contributed by atoms with Crippen LogP contribution < -0.4 is 20.9 Å².